The van der Waals surface area contributed by atoms with Gasteiger partial charge in [-0.25, -0.2) is 0 Å². The lowest BCUT2D eigenvalue weighted by Gasteiger charge is -1.98. The highest BCUT2D eigenvalue weighted by Crippen LogP contribution is 2.34. The minimum Gasteiger partial charge on any atom is -0.506 e. The minimum atomic E-state index is -0.982. The molecule has 0 aliphatic heterocycles. The van der Waals surface area contributed by atoms with Gasteiger partial charge in [0.05, 0.1) is 4.92 Å². The number of benzene rings is 1. The molecule has 0 saturated heterocycles. The first-order valence-electron chi connectivity index (χ1n) is 2.85. The summed E-state index contributed by atoms with van der Waals surface area (Å²) >= 11 is 2.70. The zero-order valence-electron chi connectivity index (χ0n) is 5.62. The van der Waals surface area contributed by atoms with Gasteiger partial charge in [0.2, 0.25) is 5.82 Å². The van der Waals surface area contributed by atoms with E-state index in [1.165, 1.54) is 0 Å². The highest BCUT2D eigenvalue weighted by atomic mass is 79.9. The highest BCUT2D eigenvalue weighted by Gasteiger charge is 2.21. The molecule has 4 nitrogen and oxygen atoms in total. The van der Waals surface area contributed by atoms with Crippen LogP contribution >= 0.6 is 15.9 Å². The van der Waals surface area contributed by atoms with Crippen LogP contribution in [0.25, 0.3) is 0 Å². The Morgan fingerprint density at radius 2 is 2.17 bits per heavy atom. The first-order chi connectivity index (χ1) is 5.54. The number of phenols is 1. The smallest absolute Gasteiger partial charge is 0.322 e. The third kappa shape index (κ3) is 1.38. The molecule has 0 fully saturated rings. The molecular formula is C6H3BrFNO3. The summed E-state index contributed by atoms with van der Waals surface area (Å²) in [7, 11) is 0. The van der Waals surface area contributed by atoms with Crippen LogP contribution in [-0.2, 0) is 0 Å². The second kappa shape index (κ2) is 3.06. The summed E-state index contributed by atoms with van der Waals surface area (Å²) in [6.45, 7) is 0. The molecule has 0 saturated carbocycles. The normalized spacial score (nSPS) is 9.83. The number of nitro benzene ring substituents is 1. The zero-order valence-corrected chi connectivity index (χ0v) is 7.21. The maximum absolute atomic E-state index is 12.7. The van der Waals surface area contributed by atoms with Crippen LogP contribution in [0.2, 0.25) is 0 Å². The summed E-state index contributed by atoms with van der Waals surface area (Å²) in [6, 6.07) is 1.87. The van der Waals surface area contributed by atoms with E-state index in [1.54, 1.807) is 0 Å². The molecule has 1 aromatic carbocycles. The Morgan fingerprint density at radius 1 is 1.58 bits per heavy atom. The Balaban J connectivity index is 3.43. The fourth-order valence-corrected chi connectivity index (χ4v) is 1.16. The van der Waals surface area contributed by atoms with Crippen molar-refractivity contribution < 1.29 is 14.4 Å². The molecule has 6 heteroatoms. The maximum atomic E-state index is 12.7. The van der Waals surface area contributed by atoms with E-state index >= 15 is 0 Å². The van der Waals surface area contributed by atoms with Gasteiger partial charge in [-0.15, -0.1) is 0 Å². The first kappa shape index (κ1) is 8.92. The van der Waals surface area contributed by atoms with Gasteiger partial charge in [0.25, 0.3) is 0 Å². The van der Waals surface area contributed by atoms with Gasteiger partial charge < -0.3 is 5.11 Å². The number of phenolic OH excluding ortho intramolecular Hbond substituents is 1. The predicted octanol–water partition coefficient (Wildman–Crippen LogP) is 2.20. The number of halogens is 2. The lowest BCUT2D eigenvalue weighted by molar-refractivity contribution is -0.388. The molecule has 0 heterocycles. The van der Waals surface area contributed by atoms with Crippen LogP contribution in [0.3, 0.4) is 0 Å². The summed E-state index contributed by atoms with van der Waals surface area (Å²) in [5.74, 6) is -1.34. The molecule has 0 aromatic heterocycles. The van der Waals surface area contributed by atoms with Crippen molar-refractivity contribution in [1.29, 1.82) is 0 Å². The lowest BCUT2D eigenvalue weighted by Crippen LogP contribution is -1.93. The van der Waals surface area contributed by atoms with Crippen LogP contribution < -0.4 is 0 Å². The van der Waals surface area contributed by atoms with Crippen LogP contribution in [0.4, 0.5) is 10.1 Å². The average molecular weight is 236 g/mol. The number of nitrogens with zero attached hydrogens (tertiary/aromatic N) is 1. The van der Waals surface area contributed by atoms with Crippen molar-refractivity contribution in [3.63, 3.8) is 0 Å². The standard InChI is InChI=1S/C6H3BrFNO3/c7-5-4(10)2-1-3(8)6(5)9(11)12/h1-2,10H. The molecule has 0 atom stereocenters. The molecule has 1 N–H and O–H groups in total. The molecule has 0 radical (unpaired) electrons. The van der Waals surface area contributed by atoms with E-state index in [-0.39, 0.29) is 10.2 Å². The van der Waals surface area contributed by atoms with Crippen LogP contribution in [-0.4, -0.2) is 10.0 Å². The third-order valence-corrected chi connectivity index (χ3v) is 2.01. The summed E-state index contributed by atoms with van der Waals surface area (Å²) in [6.07, 6.45) is 0. The van der Waals surface area contributed by atoms with Crippen LogP contribution in [0.15, 0.2) is 16.6 Å². The van der Waals surface area contributed by atoms with E-state index < -0.39 is 16.4 Å². The van der Waals surface area contributed by atoms with E-state index in [1.807, 2.05) is 0 Å². The largest absolute Gasteiger partial charge is 0.506 e. The highest BCUT2D eigenvalue weighted by molar-refractivity contribution is 9.10. The van der Waals surface area contributed by atoms with Gasteiger partial charge in [-0.3, -0.25) is 10.1 Å². The van der Waals surface area contributed by atoms with Gasteiger partial charge in [-0.2, -0.15) is 4.39 Å². The van der Waals surface area contributed by atoms with Crippen molar-refractivity contribution >= 4 is 21.6 Å². The molecule has 0 unspecified atom stereocenters. The third-order valence-electron chi connectivity index (χ3n) is 1.23. The monoisotopic (exact) mass is 235 g/mol. The molecule has 0 aliphatic carbocycles. The van der Waals surface area contributed by atoms with Crippen molar-refractivity contribution in [1.82, 2.24) is 0 Å². The summed E-state index contributed by atoms with van der Waals surface area (Å²) in [5.41, 5.74) is -0.755. The quantitative estimate of drug-likeness (QED) is 0.600. The van der Waals surface area contributed by atoms with Gasteiger partial charge in [0.15, 0.2) is 0 Å². The van der Waals surface area contributed by atoms with Gasteiger partial charge in [0.1, 0.15) is 10.2 Å². The van der Waals surface area contributed by atoms with Crippen LogP contribution in [0.1, 0.15) is 0 Å². The Morgan fingerprint density at radius 3 is 2.58 bits per heavy atom. The SMILES string of the molecule is O=[N+]([O-])c1c(F)ccc(O)c1Br. The maximum Gasteiger partial charge on any atom is 0.322 e. The van der Waals surface area contributed by atoms with Crippen molar-refractivity contribution in [3.8, 4) is 5.75 Å². The summed E-state index contributed by atoms with van der Waals surface area (Å²) < 4.78 is 12.5. The molecule has 0 spiro atoms. The Hall–Kier alpha value is -1.17. The molecule has 1 aromatic rings. The fourth-order valence-electron chi connectivity index (χ4n) is 0.698. The van der Waals surface area contributed by atoms with Crippen molar-refractivity contribution in [2.75, 3.05) is 0 Å². The average Bonchev–Trinajstić information content (AvgIpc) is 1.97. The molecule has 12 heavy (non-hydrogen) atoms. The number of hydrogen-bond acceptors (Lipinski definition) is 3. The van der Waals surface area contributed by atoms with Gasteiger partial charge in [-0.1, -0.05) is 0 Å². The second-order valence-corrected chi connectivity index (χ2v) is 2.78. The van der Waals surface area contributed by atoms with Crippen molar-refractivity contribution in [2.24, 2.45) is 0 Å². The number of rotatable bonds is 1. The molecule has 1 rings (SSSR count). The van der Waals surface area contributed by atoms with E-state index in [4.69, 9.17) is 5.11 Å². The summed E-state index contributed by atoms with van der Waals surface area (Å²) in [4.78, 5) is 9.32. The predicted molar refractivity (Wildman–Crippen MR) is 42.4 cm³/mol. The number of aromatic hydroxyl groups is 1. The zero-order chi connectivity index (χ0) is 9.30. The molecule has 0 bridgehead atoms. The first-order valence-corrected chi connectivity index (χ1v) is 3.64. The van der Waals surface area contributed by atoms with E-state index in [2.05, 4.69) is 15.9 Å². The summed E-state index contributed by atoms with van der Waals surface area (Å²) in [5, 5.41) is 19.2. The van der Waals surface area contributed by atoms with Crippen LogP contribution in [0.5, 0.6) is 5.75 Å². The van der Waals surface area contributed by atoms with Crippen molar-refractivity contribution in [3.05, 3.63) is 32.5 Å². The molecular weight excluding hydrogens is 233 g/mol. The van der Waals surface area contributed by atoms with Gasteiger partial charge in [0, 0.05) is 0 Å². The molecule has 64 valence electrons. The number of nitro groups is 1. The van der Waals surface area contributed by atoms with E-state index in [0.717, 1.165) is 12.1 Å². The number of hydrogen-bond donors (Lipinski definition) is 1. The van der Waals surface area contributed by atoms with E-state index in [9.17, 15) is 14.5 Å². The topological polar surface area (TPSA) is 63.4 Å². The van der Waals surface area contributed by atoms with Crippen LogP contribution in [0, 0.1) is 15.9 Å². The molecule has 0 amide bonds. The lowest BCUT2D eigenvalue weighted by atomic mass is 10.3. The van der Waals surface area contributed by atoms with Gasteiger partial charge in [-0.05, 0) is 28.1 Å². The van der Waals surface area contributed by atoms with E-state index in [0.29, 0.717) is 0 Å². The fraction of sp³-hybridized carbons (Fsp3) is 0. The Bertz CT molecular complexity index is 342. The second-order valence-electron chi connectivity index (χ2n) is 1.99. The minimum absolute atomic E-state index is 0.243. The Labute approximate surface area is 74.9 Å². The van der Waals surface area contributed by atoms with Crippen molar-refractivity contribution in [2.45, 2.75) is 0 Å². The van der Waals surface area contributed by atoms with Gasteiger partial charge >= 0.3 is 5.69 Å². The Kier molecular flexibility index (Phi) is 2.27. The molecule has 0 aliphatic rings.